The van der Waals surface area contributed by atoms with Crippen molar-refractivity contribution in [2.24, 2.45) is 10.4 Å². The van der Waals surface area contributed by atoms with Crippen LogP contribution in [0.25, 0.3) is 10.2 Å². The zero-order chi connectivity index (χ0) is 16.6. The van der Waals surface area contributed by atoms with Gasteiger partial charge in [-0.05, 0) is 29.5 Å². The van der Waals surface area contributed by atoms with Crippen LogP contribution in [0, 0.1) is 5.41 Å². The van der Waals surface area contributed by atoms with Gasteiger partial charge in [-0.3, -0.25) is 4.79 Å². The van der Waals surface area contributed by atoms with Crippen molar-refractivity contribution in [2.75, 3.05) is 0 Å². The van der Waals surface area contributed by atoms with E-state index in [0.717, 1.165) is 16.6 Å². The number of carbonyl (C=O) groups is 1. The Bertz CT molecular complexity index is 831. The molecule has 0 spiro atoms. The monoisotopic (exact) mass is 328 g/mol. The van der Waals surface area contributed by atoms with Gasteiger partial charge in [0, 0.05) is 19.1 Å². The number of aliphatic hydroxyl groups excluding tert-OH is 1. The maximum Gasteiger partial charge on any atom is 0.210 e. The Morgan fingerprint density at radius 3 is 2.87 bits per heavy atom. The molecule has 0 atom stereocenters. The van der Waals surface area contributed by atoms with E-state index in [1.807, 2.05) is 19.9 Å². The number of aryl methyl sites for hydroxylation is 1. The number of thiazole rings is 1. The highest BCUT2D eigenvalue weighted by Gasteiger charge is 2.32. The highest BCUT2D eigenvalue weighted by molar-refractivity contribution is 7.22. The van der Waals surface area contributed by atoms with Gasteiger partial charge in [-0.25, -0.2) is 9.98 Å². The number of carbonyl (C=O) groups excluding carboxylic acids is 1. The molecule has 0 saturated carbocycles. The Kier molecular flexibility index (Phi) is 4.06. The summed E-state index contributed by atoms with van der Waals surface area (Å²) in [6.45, 7) is 6.08. The minimum atomic E-state index is -0.190. The minimum absolute atomic E-state index is 0.0584. The first-order valence-corrected chi connectivity index (χ1v) is 8.58. The van der Waals surface area contributed by atoms with Crippen LogP contribution in [-0.2, 0) is 11.2 Å². The zero-order valence-electron chi connectivity index (χ0n) is 13.6. The molecule has 5 heteroatoms. The third-order valence-electron chi connectivity index (χ3n) is 4.05. The molecule has 1 aromatic carbocycles. The van der Waals surface area contributed by atoms with Gasteiger partial charge in [0.1, 0.15) is 5.76 Å². The number of aromatic nitrogens is 1. The molecule has 1 heterocycles. The lowest BCUT2D eigenvalue weighted by Gasteiger charge is -2.28. The van der Waals surface area contributed by atoms with E-state index in [1.54, 1.807) is 0 Å². The summed E-state index contributed by atoms with van der Waals surface area (Å²) in [6.07, 6.45) is 3.38. The van der Waals surface area contributed by atoms with Gasteiger partial charge in [0.2, 0.25) is 5.13 Å². The van der Waals surface area contributed by atoms with Crippen molar-refractivity contribution in [3.05, 3.63) is 35.1 Å². The Labute approximate surface area is 139 Å². The zero-order valence-corrected chi connectivity index (χ0v) is 14.4. The standard InChI is InChI=1S/C18H20N2O2S/c1-4-11-5-6-13-16(7-11)23-17(20-13)19-10-12-14(21)8-18(2,3)9-15(12)22/h5-7,10,21H,4,8-9H2,1-3H3. The number of allylic oxidation sites excluding steroid dienone is 2. The summed E-state index contributed by atoms with van der Waals surface area (Å²) in [6, 6.07) is 6.18. The van der Waals surface area contributed by atoms with Crippen molar-refractivity contribution < 1.29 is 9.90 Å². The molecule has 0 aliphatic heterocycles. The third-order valence-corrected chi connectivity index (χ3v) is 4.98. The fourth-order valence-electron chi connectivity index (χ4n) is 2.80. The first kappa shape index (κ1) is 15.9. The second kappa shape index (κ2) is 5.89. The highest BCUT2D eigenvalue weighted by Crippen LogP contribution is 2.35. The van der Waals surface area contributed by atoms with Crippen LogP contribution in [0.2, 0.25) is 0 Å². The molecular formula is C18H20N2O2S. The van der Waals surface area contributed by atoms with Crippen LogP contribution >= 0.6 is 11.3 Å². The minimum Gasteiger partial charge on any atom is -0.511 e. The number of nitrogens with zero attached hydrogens (tertiary/aromatic N) is 2. The van der Waals surface area contributed by atoms with Crippen LogP contribution in [0.3, 0.4) is 0 Å². The van der Waals surface area contributed by atoms with Gasteiger partial charge in [0.15, 0.2) is 5.78 Å². The second-order valence-electron chi connectivity index (χ2n) is 6.71. The normalized spacial score (nSPS) is 18.3. The van der Waals surface area contributed by atoms with Gasteiger partial charge < -0.3 is 5.11 Å². The van der Waals surface area contributed by atoms with Crippen LogP contribution in [0.4, 0.5) is 5.13 Å². The highest BCUT2D eigenvalue weighted by atomic mass is 32.1. The maximum absolute atomic E-state index is 12.2. The van der Waals surface area contributed by atoms with Gasteiger partial charge in [-0.2, -0.15) is 0 Å². The summed E-state index contributed by atoms with van der Waals surface area (Å²) in [5.41, 5.74) is 2.30. The van der Waals surface area contributed by atoms with Gasteiger partial charge in [-0.15, -0.1) is 0 Å². The van der Waals surface area contributed by atoms with E-state index >= 15 is 0 Å². The number of aliphatic hydroxyl groups is 1. The Morgan fingerprint density at radius 1 is 1.39 bits per heavy atom. The average Bonchev–Trinajstić information content (AvgIpc) is 2.86. The van der Waals surface area contributed by atoms with Crippen LogP contribution in [0.5, 0.6) is 0 Å². The van der Waals surface area contributed by atoms with E-state index in [2.05, 4.69) is 29.0 Å². The molecule has 3 rings (SSSR count). The second-order valence-corrected chi connectivity index (χ2v) is 7.72. The van der Waals surface area contributed by atoms with E-state index < -0.39 is 0 Å². The molecule has 0 fully saturated rings. The van der Waals surface area contributed by atoms with Crippen molar-refractivity contribution in [3.63, 3.8) is 0 Å². The van der Waals surface area contributed by atoms with Crippen molar-refractivity contribution in [2.45, 2.75) is 40.0 Å². The number of aliphatic imine (C=N–C) groups is 1. The van der Waals surface area contributed by atoms with E-state index in [0.29, 0.717) is 23.5 Å². The van der Waals surface area contributed by atoms with Crippen LogP contribution in [0.1, 0.15) is 39.2 Å². The first-order chi connectivity index (χ1) is 10.9. The third kappa shape index (κ3) is 3.34. The molecule has 1 aliphatic carbocycles. The lowest BCUT2D eigenvalue weighted by Crippen LogP contribution is -2.26. The molecule has 0 unspecified atom stereocenters. The fraction of sp³-hybridized carbons (Fsp3) is 0.389. The van der Waals surface area contributed by atoms with Crippen molar-refractivity contribution in [1.29, 1.82) is 0 Å². The van der Waals surface area contributed by atoms with Crippen LogP contribution < -0.4 is 0 Å². The molecule has 0 saturated heterocycles. The molecule has 1 aromatic heterocycles. The van der Waals surface area contributed by atoms with Crippen molar-refractivity contribution in [1.82, 2.24) is 4.98 Å². The summed E-state index contributed by atoms with van der Waals surface area (Å²) in [5.74, 6) is 0.0706. The van der Waals surface area contributed by atoms with Gasteiger partial charge in [-0.1, -0.05) is 38.2 Å². The predicted molar refractivity (Wildman–Crippen MR) is 94.8 cm³/mol. The maximum atomic E-state index is 12.2. The number of ketones is 1. The van der Waals surface area contributed by atoms with E-state index in [-0.39, 0.29) is 17.0 Å². The summed E-state index contributed by atoms with van der Waals surface area (Å²) in [7, 11) is 0. The van der Waals surface area contributed by atoms with E-state index in [9.17, 15) is 9.90 Å². The fourth-order valence-corrected chi connectivity index (χ4v) is 3.67. The first-order valence-electron chi connectivity index (χ1n) is 7.77. The molecule has 23 heavy (non-hydrogen) atoms. The van der Waals surface area contributed by atoms with E-state index in [4.69, 9.17) is 0 Å². The summed E-state index contributed by atoms with van der Waals surface area (Å²) < 4.78 is 1.09. The number of hydrogen-bond acceptors (Lipinski definition) is 5. The lowest BCUT2D eigenvalue weighted by molar-refractivity contribution is -0.117. The topological polar surface area (TPSA) is 62.6 Å². The van der Waals surface area contributed by atoms with Crippen LogP contribution in [0.15, 0.2) is 34.5 Å². The molecule has 0 amide bonds. The Morgan fingerprint density at radius 2 is 2.17 bits per heavy atom. The number of fused-ring (bicyclic) bond motifs is 1. The summed E-state index contributed by atoms with van der Waals surface area (Å²) >= 11 is 1.49. The Balaban J connectivity index is 1.89. The molecule has 120 valence electrons. The molecule has 0 bridgehead atoms. The number of hydrogen-bond donors (Lipinski definition) is 1. The molecule has 1 aliphatic rings. The average molecular weight is 328 g/mol. The molecular weight excluding hydrogens is 308 g/mol. The number of Topliss-reactive ketones (excluding diaryl/α,β-unsaturated/α-hetero) is 1. The SMILES string of the molecule is CCc1ccc2nc(N=CC3=C(O)CC(C)(C)CC3=O)sc2c1. The quantitative estimate of drug-likeness (QED) is 0.826. The predicted octanol–water partition coefficient (Wildman–Crippen LogP) is 4.76. The van der Waals surface area contributed by atoms with Gasteiger partial charge in [0.05, 0.1) is 15.8 Å². The van der Waals surface area contributed by atoms with Gasteiger partial charge >= 0.3 is 0 Å². The molecule has 1 N–H and O–H groups in total. The molecule has 0 radical (unpaired) electrons. The Hall–Kier alpha value is -2.01. The largest absolute Gasteiger partial charge is 0.511 e. The number of benzene rings is 1. The van der Waals surface area contributed by atoms with Crippen molar-refractivity contribution >= 4 is 38.7 Å². The molecule has 4 nitrogen and oxygen atoms in total. The molecule has 2 aromatic rings. The van der Waals surface area contributed by atoms with Crippen molar-refractivity contribution in [3.8, 4) is 0 Å². The summed E-state index contributed by atoms with van der Waals surface area (Å²) in [4.78, 5) is 20.9. The summed E-state index contributed by atoms with van der Waals surface area (Å²) in [5, 5.41) is 10.7. The lowest BCUT2D eigenvalue weighted by atomic mass is 9.77. The smallest absolute Gasteiger partial charge is 0.210 e. The van der Waals surface area contributed by atoms with Gasteiger partial charge in [0.25, 0.3) is 0 Å². The number of rotatable bonds is 3. The van der Waals surface area contributed by atoms with Crippen LogP contribution in [-0.4, -0.2) is 22.1 Å². The van der Waals surface area contributed by atoms with E-state index in [1.165, 1.54) is 23.1 Å².